The third-order valence-corrected chi connectivity index (χ3v) is 3.90. The van der Waals surface area contributed by atoms with Crippen molar-refractivity contribution >= 4 is 15.9 Å². The standard InChI is InChI=1S/C13H26N2O3S/c1-13(2,3)9-12(16)15-8-6-5-7-11(15)10-14-19(4,17)18/h11,14H,5-10H2,1-4H3/t11-/m0/s1. The highest BCUT2D eigenvalue weighted by atomic mass is 32.2. The smallest absolute Gasteiger partial charge is 0.223 e. The molecule has 1 N–H and O–H groups in total. The Hall–Kier alpha value is -0.620. The first kappa shape index (κ1) is 16.4. The van der Waals surface area contributed by atoms with Crippen molar-refractivity contribution in [1.82, 2.24) is 9.62 Å². The first-order valence-electron chi connectivity index (χ1n) is 6.83. The number of nitrogens with zero attached hydrogens (tertiary/aromatic N) is 1. The maximum Gasteiger partial charge on any atom is 0.223 e. The molecule has 0 aromatic heterocycles. The summed E-state index contributed by atoms with van der Waals surface area (Å²) in [6, 6.07) is -0.00155. The highest BCUT2D eigenvalue weighted by Crippen LogP contribution is 2.24. The van der Waals surface area contributed by atoms with Crippen molar-refractivity contribution in [2.45, 2.75) is 52.5 Å². The predicted octanol–water partition coefficient (Wildman–Crippen LogP) is 1.35. The van der Waals surface area contributed by atoms with Gasteiger partial charge in [-0.15, -0.1) is 0 Å². The summed E-state index contributed by atoms with van der Waals surface area (Å²) in [5, 5.41) is 0. The van der Waals surface area contributed by atoms with Gasteiger partial charge < -0.3 is 4.90 Å². The first-order chi connectivity index (χ1) is 8.58. The normalized spacial score (nSPS) is 21.5. The molecule has 0 aromatic rings. The number of sulfonamides is 1. The average molecular weight is 290 g/mol. The molecule has 0 radical (unpaired) electrons. The number of hydrogen-bond acceptors (Lipinski definition) is 3. The van der Waals surface area contributed by atoms with E-state index in [2.05, 4.69) is 4.72 Å². The van der Waals surface area contributed by atoms with Crippen LogP contribution in [0.4, 0.5) is 0 Å². The molecule has 1 fully saturated rings. The highest BCUT2D eigenvalue weighted by Gasteiger charge is 2.29. The molecule has 0 saturated carbocycles. The van der Waals surface area contributed by atoms with Crippen molar-refractivity contribution in [3.05, 3.63) is 0 Å². The molecular formula is C13H26N2O3S. The summed E-state index contributed by atoms with van der Waals surface area (Å²) in [4.78, 5) is 14.2. The van der Waals surface area contributed by atoms with Crippen LogP contribution in [0.3, 0.4) is 0 Å². The molecule has 0 aromatic carbocycles. The molecule has 1 heterocycles. The lowest BCUT2D eigenvalue weighted by molar-refractivity contribution is -0.136. The summed E-state index contributed by atoms with van der Waals surface area (Å²) in [6.45, 7) is 7.19. The van der Waals surface area contributed by atoms with Gasteiger partial charge in [0.05, 0.1) is 6.26 Å². The van der Waals surface area contributed by atoms with Crippen molar-refractivity contribution in [3.63, 3.8) is 0 Å². The van der Waals surface area contributed by atoms with Gasteiger partial charge in [0.15, 0.2) is 0 Å². The van der Waals surface area contributed by atoms with Gasteiger partial charge in [0.2, 0.25) is 15.9 Å². The highest BCUT2D eigenvalue weighted by molar-refractivity contribution is 7.88. The van der Waals surface area contributed by atoms with Crippen LogP contribution in [0.1, 0.15) is 46.5 Å². The molecule has 6 heteroatoms. The fraction of sp³-hybridized carbons (Fsp3) is 0.923. The number of rotatable bonds is 4. The third kappa shape index (κ3) is 6.38. The van der Waals surface area contributed by atoms with Crippen LogP contribution < -0.4 is 4.72 Å². The zero-order chi connectivity index (χ0) is 14.7. The summed E-state index contributed by atoms with van der Waals surface area (Å²) in [5.74, 6) is 0.132. The summed E-state index contributed by atoms with van der Waals surface area (Å²) >= 11 is 0. The number of carbonyl (C=O) groups excluding carboxylic acids is 1. The molecule has 112 valence electrons. The average Bonchev–Trinajstić information content (AvgIpc) is 2.23. The van der Waals surface area contributed by atoms with Crippen LogP contribution >= 0.6 is 0 Å². The van der Waals surface area contributed by atoms with E-state index in [0.29, 0.717) is 13.0 Å². The maximum absolute atomic E-state index is 12.3. The zero-order valence-corrected chi connectivity index (χ0v) is 13.2. The van der Waals surface area contributed by atoms with Gasteiger partial charge in [0.1, 0.15) is 0 Å². The van der Waals surface area contributed by atoms with Gasteiger partial charge in [-0.25, -0.2) is 13.1 Å². The summed E-state index contributed by atoms with van der Waals surface area (Å²) in [7, 11) is -3.20. The van der Waals surface area contributed by atoms with Gasteiger partial charge in [-0.2, -0.15) is 0 Å². The van der Waals surface area contributed by atoms with Crippen molar-refractivity contribution in [3.8, 4) is 0 Å². The van der Waals surface area contributed by atoms with E-state index in [1.807, 2.05) is 25.7 Å². The van der Waals surface area contributed by atoms with Crippen LogP contribution in [0.25, 0.3) is 0 Å². The van der Waals surface area contributed by atoms with Gasteiger partial charge in [-0.05, 0) is 24.7 Å². The summed E-state index contributed by atoms with van der Waals surface area (Å²) in [5.41, 5.74) is -0.0384. The van der Waals surface area contributed by atoms with Gasteiger partial charge in [0.25, 0.3) is 0 Å². The Morgan fingerprint density at radius 3 is 2.47 bits per heavy atom. The molecule has 1 atom stereocenters. The second kappa shape index (κ2) is 6.22. The van der Waals surface area contributed by atoms with Crippen molar-refractivity contribution in [1.29, 1.82) is 0 Å². The number of amides is 1. The van der Waals surface area contributed by atoms with Crippen LogP contribution in [-0.2, 0) is 14.8 Å². The van der Waals surface area contributed by atoms with Crippen LogP contribution in [0, 0.1) is 5.41 Å². The minimum absolute atomic E-state index is 0.00155. The molecule has 0 unspecified atom stereocenters. The Bertz CT molecular complexity index is 412. The summed E-state index contributed by atoms with van der Waals surface area (Å²) < 4.78 is 24.8. The van der Waals surface area contributed by atoms with E-state index in [4.69, 9.17) is 0 Å². The molecule has 5 nitrogen and oxygen atoms in total. The molecular weight excluding hydrogens is 264 g/mol. The molecule has 0 spiro atoms. The predicted molar refractivity (Wildman–Crippen MR) is 76.3 cm³/mol. The van der Waals surface area contributed by atoms with E-state index in [0.717, 1.165) is 32.1 Å². The van der Waals surface area contributed by atoms with Crippen molar-refractivity contribution < 1.29 is 13.2 Å². The summed E-state index contributed by atoms with van der Waals surface area (Å²) in [6.07, 6.45) is 4.58. The fourth-order valence-electron chi connectivity index (χ4n) is 2.34. The molecule has 1 aliphatic heterocycles. The van der Waals surface area contributed by atoms with E-state index >= 15 is 0 Å². The second-order valence-corrected chi connectivity index (χ2v) is 8.43. The molecule has 0 aliphatic carbocycles. The Balaban J connectivity index is 2.64. The van der Waals surface area contributed by atoms with E-state index in [1.54, 1.807) is 0 Å². The number of piperidine rings is 1. The largest absolute Gasteiger partial charge is 0.338 e. The zero-order valence-electron chi connectivity index (χ0n) is 12.4. The quantitative estimate of drug-likeness (QED) is 0.850. The van der Waals surface area contributed by atoms with E-state index in [-0.39, 0.29) is 17.4 Å². The topological polar surface area (TPSA) is 66.5 Å². The fourth-order valence-corrected chi connectivity index (χ4v) is 2.84. The number of carbonyl (C=O) groups is 1. The molecule has 0 bridgehead atoms. The number of likely N-dealkylation sites (tertiary alicyclic amines) is 1. The minimum atomic E-state index is -3.20. The van der Waals surface area contributed by atoms with Crippen LogP contribution in [0.5, 0.6) is 0 Å². The van der Waals surface area contributed by atoms with Crippen LogP contribution in [0.2, 0.25) is 0 Å². The first-order valence-corrected chi connectivity index (χ1v) is 8.72. The molecule has 1 amide bonds. The van der Waals surface area contributed by atoms with Crippen molar-refractivity contribution in [2.24, 2.45) is 5.41 Å². The lowest BCUT2D eigenvalue weighted by Crippen LogP contribution is -2.49. The van der Waals surface area contributed by atoms with Gasteiger partial charge in [0, 0.05) is 25.6 Å². The molecule has 1 aliphatic rings. The Morgan fingerprint density at radius 1 is 1.32 bits per heavy atom. The van der Waals surface area contributed by atoms with Crippen LogP contribution in [0.15, 0.2) is 0 Å². The Labute approximate surface area is 116 Å². The van der Waals surface area contributed by atoms with E-state index < -0.39 is 10.0 Å². The monoisotopic (exact) mass is 290 g/mol. The Morgan fingerprint density at radius 2 is 1.95 bits per heavy atom. The maximum atomic E-state index is 12.3. The minimum Gasteiger partial charge on any atom is -0.338 e. The lowest BCUT2D eigenvalue weighted by atomic mass is 9.90. The Kier molecular flexibility index (Phi) is 5.38. The number of hydrogen-bond donors (Lipinski definition) is 1. The van der Waals surface area contributed by atoms with Gasteiger partial charge >= 0.3 is 0 Å². The molecule has 19 heavy (non-hydrogen) atoms. The second-order valence-electron chi connectivity index (χ2n) is 6.59. The van der Waals surface area contributed by atoms with Crippen LogP contribution in [-0.4, -0.2) is 44.6 Å². The number of nitrogens with one attached hydrogen (secondary N) is 1. The van der Waals surface area contributed by atoms with Crippen molar-refractivity contribution in [2.75, 3.05) is 19.3 Å². The third-order valence-electron chi connectivity index (χ3n) is 3.21. The van der Waals surface area contributed by atoms with E-state index in [1.165, 1.54) is 0 Å². The SMILES string of the molecule is CC(C)(C)CC(=O)N1CCCC[C@H]1CNS(C)(=O)=O. The molecule has 1 saturated heterocycles. The lowest BCUT2D eigenvalue weighted by Gasteiger charge is -2.37. The van der Waals surface area contributed by atoms with Gasteiger partial charge in [-0.1, -0.05) is 20.8 Å². The van der Waals surface area contributed by atoms with Gasteiger partial charge in [-0.3, -0.25) is 4.79 Å². The van der Waals surface area contributed by atoms with E-state index in [9.17, 15) is 13.2 Å². The molecule has 1 rings (SSSR count).